The maximum absolute atomic E-state index is 3.96. The van der Waals surface area contributed by atoms with E-state index in [2.05, 4.69) is 163 Å². The van der Waals surface area contributed by atoms with Gasteiger partial charge in [-0.25, -0.2) is 0 Å². The van der Waals surface area contributed by atoms with E-state index in [4.69, 9.17) is 0 Å². The fraction of sp³-hybridized carbons (Fsp3) is 0. The lowest BCUT2D eigenvalue weighted by atomic mass is 9.84. The van der Waals surface area contributed by atoms with E-state index in [9.17, 15) is 0 Å². The first-order valence-corrected chi connectivity index (χ1v) is 15.2. The van der Waals surface area contributed by atoms with Gasteiger partial charge in [0.05, 0.1) is 0 Å². The molecule has 0 unspecified atom stereocenters. The van der Waals surface area contributed by atoms with E-state index in [1.54, 1.807) is 0 Å². The largest absolute Gasteiger partial charge is 0.0616 e. The maximum atomic E-state index is 3.96. The number of hydrogen-bond donors (Lipinski definition) is 0. The molecule has 0 fully saturated rings. The minimum absolute atomic E-state index is 1.09. The lowest BCUT2D eigenvalue weighted by Gasteiger charge is -2.20. The number of rotatable bonds is 1. The molecule has 0 amide bonds. The minimum atomic E-state index is 1.09. The number of halogens is 3. The Balaban J connectivity index is 1.71. The van der Waals surface area contributed by atoms with Gasteiger partial charge in [0, 0.05) is 13.4 Å². The zero-order valence-corrected chi connectivity index (χ0v) is 25.4. The standard InChI is InChI=1S/C36H19Br3/c37-22-13-9-20-11-15-26-32(30(20)17-22)19-33-27(16-12-21-10-14-23(38)18-31(21)33)35(26)34-24-5-1-3-7-28(24)36(39)29-8-4-2-6-25(29)34/h1-19H. The summed E-state index contributed by atoms with van der Waals surface area (Å²) in [6.07, 6.45) is 0. The van der Waals surface area contributed by atoms with Crippen molar-refractivity contribution in [2.75, 3.05) is 0 Å². The Bertz CT molecular complexity index is 2160. The van der Waals surface area contributed by atoms with Crippen LogP contribution in [0.3, 0.4) is 0 Å². The van der Waals surface area contributed by atoms with Crippen LogP contribution in [-0.2, 0) is 0 Å². The predicted molar refractivity (Wildman–Crippen MR) is 180 cm³/mol. The summed E-state index contributed by atoms with van der Waals surface area (Å²) in [6.45, 7) is 0. The van der Waals surface area contributed by atoms with Gasteiger partial charge in [0.15, 0.2) is 0 Å². The highest BCUT2D eigenvalue weighted by atomic mass is 79.9. The monoisotopic (exact) mass is 688 g/mol. The molecule has 0 spiro atoms. The van der Waals surface area contributed by atoms with Gasteiger partial charge in [0.1, 0.15) is 0 Å². The molecule has 0 aliphatic rings. The Morgan fingerprint density at radius 1 is 0.308 bits per heavy atom. The lowest BCUT2D eigenvalue weighted by Crippen LogP contribution is -1.92. The number of hydrogen-bond acceptors (Lipinski definition) is 0. The summed E-state index contributed by atoms with van der Waals surface area (Å²) in [4.78, 5) is 0. The van der Waals surface area contributed by atoms with Gasteiger partial charge in [-0.2, -0.15) is 0 Å². The lowest BCUT2D eigenvalue weighted by molar-refractivity contribution is 1.70. The van der Waals surface area contributed by atoms with Gasteiger partial charge in [-0.1, -0.05) is 117 Å². The van der Waals surface area contributed by atoms with Crippen molar-refractivity contribution in [1.29, 1.82) is 0 Å². The van der Waals surface area contributed by atoms with Crippen LogP contribution in [0, 0.1) is 0 Å². The minimum Gasteiger partial charge on any atom is -0.0616 e. The van der Waals surface area contributed by atoms with Crippen LogP contribution >= 0.6 is 47.8 Å². The molecule has 0 aliphatic heterocycles. The molecule has 0 heterocycles. The number of fused-ring (bicyclic) bond motifs is 8. The third kappa shape index (κ3) is 3.53. The van der Waals surface area contributed by atoms with Gasteiger partial charge < -0.3 is 0 Å². The number of benzene rings is 8. The Kier molecular flexibility index (Phi) is 5.39. The Morgan fingerprint density at radius 3 is 1.15 bits per heavy atom. The highest BCUT2D eigenvalue weighted by Gasteiger charge is 2.20. The summed E-state index contributed by atoms with van der Waals surface area (Å²) >= 11 is 11.4. The quantitative estimate of drug-likeness (QED) is 0.119. The second-order valence-electron chi connectivity index (χ2n) is 10.1. The average molecular weight is 691 g/mol. The molecule has 184 valence electrons. The van der Waals surface area contributed by atoms with E-state index < -0.39 is 0 Å². The molecule has 0 aliphatic carbocycles. The van der Waals surface area contributed by atoms with Crippen molar-refractivity contribution in [3.8, 4) is 11.1 Å². The van der Waals surface area contributed by atoms with Crippen LogP contribution in [0.4, 0.5) is 0 Å². The van der Waals surface area contributed by atoms with E-state index in [1.165, 1.54) is 75.8 Å². The summed E-state index contributed by atoms with van der Waals surface area (Å²) in [7, 11) is 0. The van der Waals surface area contributed by atoms with Gasteiger partial charge in [0.2, 0.25) is 0 Å². The molecule has 0 radical (unpaired) electrons. The van der Waals surface area contributed by atoms with Gasteiger partial charge in [0.25, 0.3) is 0 Å². The Labute approximate surface area is 250 Å². The van der Waals surface area contributed by atoms with Crippen molar-refractivity contribution < 1.29 is 0 Å². The van der Waals surface area contributed by atoms with Gasteiger partial charge >= 0.3 is 0 Å². The molecule has 8 aromatic carbocycles. The summed E-state index contributed by atoms with van der Waals surface area (Å²) in [6, 6.07) is 42.3. The Hall–Kier alpha value is -3.24. The van der Waals surface area contributed by atoms with Crippen LogP contribution in [0.1, 0.15) is 0 Å². The molecular formula is C36H19Br3. The van der Waals surface area contributed by atoms with E-state index >= 15 is 0 Å². The van der Waals surface area contributed by atoms with Gasteiger partial charge in [-0.05, 0) is 122 Å². The summed E-state index contributed by atoms with van der Waals surface area (Å²) in [5, 5.41) is 15.0. The molecule has 8 aromatic rings. The highest BCUT2D eigenvalue weighted by Crippen LogP contribution is 2.48. The van der Waals surface area contributed by atoms with Crippen molar-refractivity contribution in [3.63, 3.8) is 0 Å². The van der Waals surface area contributed by atoms with E-state index in [0.717, 1.165) is 13.4 Å². The summed E-state index contributed by atoms with van der Waals surface area (Å²) in [5.74, 6) is 0. The topological polar surface area (TPSA) is 0 Å². The SMILES string of the molecule is Brc1ccc2ccc3c(-c4c5ccccc5c(Br)c5ccccc45)c4ccc5ccc(Br)cc5c4cc3c2c1. The maximum Gasteiger partial charge on any atom is 0.0332 e. The van der Waals surface area contributed by atoms with Crippen molar-refractivity contribution in [3.05, 3.63) is 129 Å². The van der Waals surface area contributed by atoms with Crippen molar-refractivity contribution in [2.45, 2.75) is 0 Å². The Morgan fingerprint density at radius 2 is 0.692 bits per heavy atom. The second-order valence-corrected chi connectivity index (χ2v) is 12.7. The van der Waals surface area contributed by atoms with Crippen LogP contribution in [-0.4, -0.2) is 0 Å². The molecule has 0 N–H and O–H groups in total. The average Bonchev–Trinajstić information content (AvgIpc) is 2.97. The molecule has 0 bridgehead atoms. The molecule has 3 heteroatoms. The zero-order valence-electron chi connectivity index (χ0n) is 20.6. The van der Waals surface area contributed by atoms with Crippen LogP contribution in [0.15, 0.2) is 129 Å². The normalized spacial score (nSPS) is 12.0. The highest BCUT2D eigenvalue weighted by molar-refractivity contribution is 9.11. The first kappa shape index (κ1) is 23.6. The van der Waals surface area contributed by atoms with Crippen LogP contribution < -0.4 is 0 Å². The predicted octanol–water partition coefficient (Wildman–Crippen LogP) is 12.6. The fourth-order valence-corrected chi connectivity index (χ4v) is 7.69. The molecule has 0 atom stereocenters. The zero-order chi connectivity index (χ0) is 26.2. The summed E-state index contributed by atoms with van der Waals surface area (Å²) in [5.41, 5.74) is 2.56. The first-order valence-electron chi connectivity index (χ1n) is 12.8. The van der Waals surface area contributed by atoms with E-state index in [-0.39, 0.29) is 0 Å². The molecule has 8 rings (SSSR count). The van der Waals surface area contributed by atoms with Crippen LogP contribution in [0.25, 0.3) is 75.8 Å². The van der Waals surface area contributed by atoms with E-state index in [1.807, 2.05) is 0 Å². The summed E-state index contributed by atoms with van der Waals surface area (Å²) < 4.78 is 3.32. The van der Waals surface area contributed by atoms with Crippen LogP contribution in [0.2, 0.25) is 0 Å². The molecule has 39 heavy (non-hydrogen) atoms. The molecular weight excluding hydrogens is 672 g/mol. The van der Waals surface area contributed by atoms with Gasteiger partial charge in [-0.15, -0.1) is 0 Å². The second kappa shape index (κ2) is 8.89. The molecule has 0 aromatic heterocycles. The third-order valence-corrected chi connectivity index (χ3v) is 9.83. The van der Waals surface area contributed by atoms with Crippen molar-refractivity contribution in [2.24, 2.45) is 0 Å². The molecule has 0 saturated heterocycles. The smallest absolute Gasteiger partial charge is 0.0332 e. The van der Waals surface area contributed by atoms with E-state index in [0.29, 0.717) is 0 Å². The molecule has 0 nitrogen and oxygen atoms in total. The van der Waals surface area contributed by atoms with Gasteiger partial charge in [-0.3, -0.25) is 0 Å². The van der Waals surface area contributed by atoms with Crippen LogP contribution in [0.5, 0.6) is 0 Å². The van der Waals surface area contributed by atoms with Crippen molar-refractivity contribution in [1.82, 2.24) is 0 Å². The fourth-order valence-electron chi connectivity index (χ4n) is 6.28. The molecule has 0 saturated carbocycles. The first-order chi connectivity index (χ1) is 19.1. The third-order valence-electron chi connectivity index (χ3n) is 7.99. The van der Waals surface area contributed by atoms with Crippen molar-refractivity contribution >= 4 is 112 Å².